The van der Waals surface area contributed by atoms with E-state index in [0.717, 1.165) is 5.56 Å². The lowest BCUT2D eigenvalue weighted by molar-refractivity contribution is -0.120. The topological polar surface area (TPSA) is 88.6 Å². The second-order valence-electron chi connectivity index (χ2n) is 6.51. The van der Waals surface area contributed by atoms with Crippen LogP contribution in [0.2, 0.25) is 0 Å². The number of hydrogen-bond acceptors (Lipinski definition) is 5. The fourth-order valence-corrected chi connectivity index (χ4v) is 4.23. The van der Waals surface area contributed by atoms with Crippen LogP contribution in [0.15, 0.2) is 54.1 Å². The molecule has 1 saturated heterocycles. The van der Waals surface area contributed by atoms with E-state index in [2.05, 4.69) is 10.3 Å². The van der Waals surface area contributed by atoms with Gasteiger partial charge in [0.15, 0.2) is 0 Å². The van der Waals surface area contributed by atoms with Gasteiger partial charge in [0.25, 0.3) is 0 Å². The first-order chi connectivity index (χ1) is 13.5. The fourth-order valence-electron chi connectivity index (χ4n) is 3.01. The molecule has 28 heavy (non-hydrogen) atoms. The minimum atomic E-state index is -3.50. The molecule has 0 unspecified atom stereocenters. The summed E-state index contributed by atoms with van der Waals surface area (Å²) in [5, 5.41) is 4.05. The number of hydrogen-bond donors (Lipinski definition) is 1. The van der Waals surface area contributed by atoms with Gasteiger partial charge in [-0.15, -0.1) is 0 Å². The Labute approximate surface area is 165 Å². The first kappa shape index (κ1) is 20.0. The smallest absolute Gasteiger partial charge is 0.236 e. The van der Waals surface area contributed by atoms with Crippen molar-refractivity contribution in [3.05, 3.63) is 59.6 Å². The highest BCUT2D eigenvalue weighted by molar-refractivity contribution is 7.92. The second-order valence-corrected chi connectivity index (χ2v) is 8.33. The third-order valence-corrected chi connectivity index (χ3v) is 6.19. The maximum absolute atomic E-state index is 12.5. The lowest BCUT2D eigenvalue weighted by Gasteiger charge is -2.29. The number of sulfonamides is 1. The molecular weight excluding hydrogens is 378 g/mol. The molecule has 0 spiro atoms. The Hall–Kier alpha value is -2.71. The molecule has 8 heteroatoms. The van der Waals surface area contributed by atoms with Crippen molar-refractivity contribution in [1.82, 2.24) is 9.29 Å². The molecular formula is C20H23N3O4S. The molecule has 0 aliphatic carbocycles. The quantitative estimate of drug-likeness (QED) is 0.804. The normalized spacial score (nSPS) is 16.2. The average molecular weight is 401 g/mol. The summed E-state index contributed by atoms with van der Waals surface area (Å²) >= 11 is 0. The Morgan fingerprint density at radius 3 is 2.50 bits per heavy atom. The van der Waals surface area contributed by atoms with E-state index in [4.69, 9.17) is 4.74 Å². The summed E-state index contributed by atoms with van der Waals surface area (Å²) in [6.07, 6.45) is 4.08. The van der Waals surface area contributed by atoms with Gasteiger partial charge in [-0.2, -0.15) is 4.31 Å². The van der Waals surface area contributed by atoms with Crippen LogP contribution in [0, 0.1) is 5.92 Å². The number of rotatable bonds is 6. The van der Waals surface area contributed by atoms with E-state index < -0.39 is 10.0 Å². The van der Waals surface area contributed by atoms with E-state index in [1.165, 1.54) is 23.0 Å². The Bertz CT molecular complexity index is 920. The Balaban J connectivity index is 1.54. The molecule has 0 atom stereocenters. The van der Waals surface area contributed by atoms with Crippen LogP contribution in [0.25, 0.3) is 6.08 Å². The zero-order chi connectivity index (χ0) is 20.0. The molecule has 1 aromatic heterocycles. The van der Waals surface area contributed by atoms with Crippen LogP contribution < -0.4 is 10.1 Å². The number of benzene rings is 1. The highest BCUT2D eigenvalue weighted by Gasteiger charge is 2.30. The Morgan fingerprint density at radius 1 is 1.18 bits per heavy atom. The van der Waals surface area contributed by atoms with Crippen molar-refractivity contribution in [2.24, 2.45) is 5.92 Å². The van der Waals surface area contributed by atoms with Crippen molar-refractivity contribution < 1.29 is 17.9 Å². The molecule has 2 heterocycles. The van der Waals surface area contributed by atoms with Gasteiger partial charge in [0, 0.05) is 30.5 Å². The molecule has 2 aromatic rings. The van der Waals surface area contributed by atoms with E-state index in [0.29, 0.717) is 37.5 Å². The molecule has 1 N–H and O–H groups in total. The number of anilines is 1. The number of pyridine rings is 1. The zero-order valence-electron chi connectivity index (χ0n) is 15.6. The molecule has 1 amide bonds. The van der Waals surface area contributed by atoms with Crippen molar-refractivity contribution in [3.8, 4) is 5.88 Å². The summed E-state index contributed by atoms with van der Waals surface area (Å²) in [6.45, 7) is 0.640. The zero-order valence-corrected chi connectivity index (χ0v) is 16.4. The number of methoxy groups -OCH3 is 1. The Morgan fingerprint density at radius 2 is 1.89 bits per heavy atom. The molecule has 7 nitrogen and oxygen atoms in total. The summed E-state index contributed by atoms with van der Waals surface area (Å²) in [5.74, 6) is 0.121. The van der Waals surface area contributed by atoms with Crippen molar-refractivity contribution in [1.29, 1.82) is 0 Å². The van der Waals surface area contributed by atoms with Crippen molar-refractivity contribution in [3.63, 3.8) is 0 Å². The van der Waals surface area contributed by atoms with Crippen molar-refractivity contribution in [2.45, 2.75) is 12.8 Å². The molecule has 3 rings (SSSR count). The van der Waals surface area contributed by atoms with Crippen LogP contribution in [-0.2, 0) is 14.8 Å². The van der Waals surface area contributed by atoms with Crippen LogP contribution in [0.3, 0.4) is 0 Å². The SMILES string of the molecule is COc1ccc(NC(=O)C2CCN(S(=O)(=O)/C=C/c3ccccc3)CC2)cn1. The van der Waals surface area contributed by atoms with Gasteiger partial charge in [-0.25, -0.2) is 13.4 Å². The standard InChI is InChI=1S/C20H23N3O4S/c1-27-19-8-7-18(15-21-19)22-20(24)17-9-12-23(13-10-17)28(25,26)14-11-16-5-3-2-4-6-16/h2-8,11,14-15,17H,9-10,12-13H2,1H3,(H,22,24)/b14-11+. The summed E-state index contributed by atoms with van der Waals surface area (Å²) in [7, 11) is -1.97. The maximum Gasteiger partial charge on any atom is 0.236 e. The number of nitrogens with zero attached hydrogens (tertiary/aromatic N) is 2. The molecule has 1 fully saturated rings. The fraction of sp³-hybridized carbons (Fsp3) is 0.300. The predicted octanol–water partition coefficient (Wildman–Crippen LogP) is 2.74. The van der Waals surface area contributed by atoms with Crippen molar-refractivity contribution >= 4 is 27.7 Å². The number of carbonyl (C=O) groups excluding carboxylic acids is 1. The highest BCUT2D eigenvalue weighted by atomic mass is 32.2. The molecule has 1 aliphatic rings. The minimum absolute atomic E-state index is 0.121. The number of aromatic nitrogens is 1. The summed E-state index contributed by atoms with van der Waals surface area (Å²) in [5.41, 5.74) is 1.42. The summed E-state index contributed by atoms with van der Waals surface area (Å²) in [6, 6.07) is 12.7. The lowest BCUT2D eigenvalue weighted by Crippen LogP contribution is -2.40. The van der Waals surface area contributed by atoms with Crippen LogP contribution in [0.1, 0.15) is 18.4 Å². The van der Waals surface area contributed by atoms with Gasteiger partial charge in [0.1, 0.15) is 0 Å². The third-order valence-electron chi connectivity index (χ3n) is 4.63. The first-order valence-electron chi connectivity index (χ1n) is 9.02. The van der Waals surface area contributed by atoms with Gasteiger partial charge in [0.05, 0.1) is 19.0 Å². The van der Waals surface area contributed by atoms with Gasteiger partial charge >= 0.3 is 0 Å². The van der Waals surface area contributed by atoms with Gasteiger partial charge < -0.3 is 10.1 Å². The monoisotopic (exact) mass is 401 g/mol. The molecule has 0 bridgehead atoms. The average Bonchev–Trinajstić information content (AvgIpc) is 2.74. The van der Waals surface area contributed by atoms with Crippen molar-refractivity contribution in [2.75, 3.05) is 25.5 Å². The van der Waals surface area contributed by atoms with Crippen LogP contribution in [-0.4, -0.2) is 43.8 Å². The van der Waals surface area contributed by atoms with Gasteiger partial charge in [0.2, 0.25) is 21.8 Å². The van der Waals surface area contributed by atoms with E-state index in [1.54, 1.807) is 18.2 Å². The first-order valence-corrected chi connectivity index (χ1v) is 10.5. The van der Waals surface area contributed by atoms with E-state index in [-0.39, 0.29) is 11.8 Å². The lowest BCUT2D eigenvalue weighted by atomic mass is 9.97. The third kappa shape index (κ3) is 5.17. The minimum Gasteiger partial charge on any atom is -0.481 e. The molecule has 1 aromatic carbocycles. The van der Waals surface area contributed by atoms with E-state index in [9.17, 15) is 13.2 Å². The van der Waals surface area contributed by atoms with Gasteiger partial charge in [-0.05, 0) is 30.5 Å². The summed E-state index contributed by atoms with van der Waals surface area (Å²) in [4.78, 5) is 16.5. The van der Waals surface area contributed by atoms with Gasteiger partial charge in [-0.3, -0.25) is 4.79 Å². The highest BCUT2D eigenvalue weighted by Crippen LogP contribution is 2.22. The van der Waals surface area contributed by atoms with E-state index in [1.807, 2.05) is 30.3 Å². The number of amides is 1. The molecule has 148 valence electrons. The summed E-state index contributed by atoms with van der Waals surface area (Å²) < 4.78 is 31.4. The van der Waals surface area contributed by atoms with Crippen LogP contribution in [0.5, 0.6) is 5.88 Å². The number of carbonyl (C=O) groups is 1. The van der Waals surface area contributed by atoms with Crippen LogP contribution >= 0.6 is 0 Å². The maximum atomic E-state index is 12.5. The second kappa shape index (κ2) is 8.99. The molecule has 0 radical (unpaired) electrons. The molecule has 1 aliphatic heterocycles. The predicted molar refractivity (Wildman–Crippen MR) is 108 cm³/mol. The van der Waals surface area contributed by atoms with E-state index >= 15 is 0 Å². The van der Waals surface area contributed by atoms with Crippen LogP contribution in [0.4, 0.5) is 5.69 Å². The number of piperidine rings is 1. The van der Waals surface area contributed by atoms with Gasteiger partial charge in [-0.1, -0.05) is 30.3 Å². The number of nitrogens with one attached hydrogen (secondary N) is 1. The largest absolute Gasteiger partial charge is 0.481 e. The molecule has 0 saturated carbocycles. The number of ether oxygens (including phenoxy) is 1. The Kier molecular flexibility index (Phi) is 6.43.